The number of amides is 2. The van der Waals surface area contributed by atoms with Gasteiger partial charge >= 0.3 is 0 Å². The van der Waals surface area contributed by atoms with Crippen molar-refractivity contribution >= 4 is 29.7 Å². The molecule has 0 spiro atoms. The first-order chi connectivity index (χ1) is 14.0. The Bertz CT molecular complexity index is 741. The van der Waals surface area contributed by atoms with Crippen LogP contribution in [-0.4, -0.2) is 48.2 Å². The fraction of sp³-hybridized carbons (Fsp3) is 0.565. The zero-order valence-corrected chi connectivity index (χ0v) is 18.5. The molecule has 2 fully saturated rings. The summed E-state index contributed by atoms with van der Waals surface area (Å²) in [4.78, 5) is 28.4. The summed E-state index contributed by atoms with van der Waals surface area (Å²) in [6.07, 6.45) is 6.52. The lowest BCUT2D eigenvalue weighted by Crippen LogP contribution is -2.52. The molecule has 5 nitrogen and oxygen atoms in total. The number of nitrogens with one attached hydrogen (secondary N) is 1. The van der Waals surface area contributed by atoms with Gasteiger partial charge in [-0.3, -0.25) is 9.59 Å². The second-order valence-electron chi connectivity index (χ2n) is 7.85. The summed E-state index contributed by atoms with van der Waals surface area (Å²) in [6.45, 7) is 5.88. The van der Waals surface area contributed by atoms with Crippen molar-refractivity contribution in [1.82, 2.24) is 10.2 Å². The minimum Gasteiger partial charge on any atom is -0.497 e. The van der Waals surface area contributed by atoms with Crippen LogP contribution in [0.1, 0.15) is 51.5 Å². The summed E-state index contributed by atoms with van der Waals surface area (Å²) < 4.78 is 5.19. The molecule has 1 aromatic carbocycles. The summed E-state index contributed by atoms with van der Waals surface area (Å²) >= 11 is 1.66. The maximum absolute atomic E-state index is 13.0. The van der Waals surface area contributed by atoms with E-state index in [9.17, 15) is 9.59 Å². The van der Waals surface area contributed by atoms with E-state index in [1.807, 2.05) is 35.2 Å². The molecule has 6 heteroatoms. The fourth-order valence-corrected chi connectivity index (χ4v) is 5.49. The average molecular weight is 417 g/mol. The molecule has 1 saturated heterocycles. The monoisotopic (exact) mass is 416 g/mol. The number of carbonyl (C=O) groups is 2. The Kier molecular flexibility index (Phi) is 7.64. The smallest absolute Gasteiger partial charge is 0.257 e. The van der Waals surface area contributed by atoms with Gasteiger partial charge in [0, 0.05) is 30.3 Å². The standard InChI is InChI=1S/C23H32N2O3S/c1-4-12-25(13-5-2)23(27)17-8-11-20-19(15-17)24-22(26)21(29-20)14-16-6-9-18(28-3)10-7-16/h6-7,9-10,14,17,19-20H,4-5,8,11-13,15H2,1-3H3,(H,24,26)/b21-14+. The third-order valence-electron chi connectivity index (χ3n) is 5.67. The summed E-state index contributed by atoms with van der Waals surface area (Å²) in [5, 5.41) is 3.52. The largest absolute Gasteiger partial charge is 0.497 e. The zero-order valence-electron chi connectivity index (χ0n) is 17.6. The predicted molar refractivity (Wildman–Crippen MR) is 119 cm³/mol. The lowest BCUT2D eigenvalue weighted by atomic mass is 9.84. The molecule has 0 radical (unpaired) electrons. The van der Waals surface area contributed by atoms with E-state index < -0.39 is 0 Å². The Balaban J connectivity index is 1.64. The highest BCUT2D eigenvalue weighted by Crippen LogP contribution is 2.40. The van der Waals surface area contributed by atoms with Gasteiger partial charge in [-0.25, -0.2) is 0 Å². The van der Waals surface area contributed by atoms with E-state index in [4.69, 9.17) is 4.74 Å². The molecule has 1 N–H and O–H groups in total. The molecule has 1 aliphatic carbocycles. The van der Waals surface area contributed by atoms with E-state index in [-0.39, 0.29) is 23.8 Å². The van der Waals surface area contributed by atoms with Crippen molar-refractivity contribution in [3.63, 3.8) is 0 Å². The maximum atomic E-state index is 13.0. The van der Waals surface area contributed by atoms with Crippen LogP contribution in [0.5, 0.6) is 5.75 Å². The summed E-state index contributed by atoms with van der Waals surface area (Å²) in [5.41, 5.74) is 0.987. The summed E-state index contributed by atoms with van der Waals surface area (Å²) in [6, 6.07) is 7.79. The number of hydrogen-bond donors (Lipinski definition) is 1. The van der Waals surface area contributed by atoms with Crippen LogP contribution in [0.4, 0.5) is 0 Å². The molecular formula is C23H32N2O3S. The van der Waals surface area contributed by atoms with Crippen molar-refractivity contribution in [3.8, 4) is 5.75 Å². The highest BCUT2D eigenvalue weighted by atomic mass is 32.2. The molecule has 158 valence electrons. The Morgan fingerprint density at radius 1 is 1.21 bits per heavy atom. The van der Waals surface area contributed by atoms with Crippen LogP contribution in [0.15, 0.2) is 29.2 Å². The molecular weight excluding hydrogens is 384 g/mol. The van der Waals surface area contributed by atoms with Gasteiger partial charge in [0.05, 0.1) is 12.0 Å². The van der Waals surface area contributed by atoms with E-state index in [1.165, 1.54) is 0 Å². The van der Waals surface area contributed by atoms with Crippen molar-refractivity contribution < 1.29 is 14.3 Å². The molecule has 29 heavy (non-hydrogen) atoms. The quantitative estimate of drug-likeness (QED) is 0.681. The Morgan fingerprint density at radius 3 is 2.52 bits per heavy atom. The third-order valence-corrected chi connectivity index (χ3v) is 7.09. The topological polar surface area (TPSA) is 58.6 Å². The van der Waals surface area contributed by atoms with E-state index in [1.54, 1.807) is 18.9 Å². The number of nitrogens with zero attached hydrogens (tertiary/aromatic N) is 1. The summed E-state index contributed by atoms with van der Waals surface area (Å²) in [5.74, 6) is 1.07. The van der Waals surface area contributed by atoms with Crippen LogP contribution in [0.3, 0.4) is 0 Å². The van der Waals surface area contributed by atoms with Crippen molar-refractivity contribution in [2.45, 2.75) is 57.2 Å². The van der Waals surface area contributed by atoms with Gasteiger partial charge in [0.25, 0.3) is 5.91 Å². The number of rotatable bonds is 7. The Hall–Kier alpha value is -1.95. The first kappa shape index (κ1) is 21.8. The predicted octanol–water partition coefficient (Wildman–Crippen LogP) is 4.09. The fourth-order valence-electron chi connectivity index (χ4n) is 4.20. The normalized spacial score (nSPS) is 25.3. The molecule has 3 rings (SSSR count). The average Bonchev–Trinajstić information content (AvgIpc) is 2.74. The van der Waals surface area contributed by atoms with E-state index >= 15 is 0 Å². The molecule has 1 saturated carbocycles. The van der Waals surface area contributed by atoms with Gasteiger partial charge in [-0.1, -0.05) is 26.0 Å². The highest BCUT2D eigenvalue weighted by Gasteiger charge is 2.40. The molecule has 2 amide bonds. The number of carbonyl (C=O) groups excluding carboxylic acids is 2. The highest BCUT2D eigenvalue weighted by molar-refractivity contribution is 8.04. The van der Waals surface area contributed by atoms with Gasteiger partial charge in [0.2, 0.25) is 5.91 Å². The zero-order chi connectivity index (χ0) is 20.8. The van der Waals surface area contributed by atoms with Crippen LogP contribution in [0.2, 0.25) is 0 Å². The van der Waals surface area contributed by atoms with Crippen molar-refractivity contribution in [2.24, 2.45) is 5.92 Å². The molecule has 1 heterocycles. The second-order valence-corrected chi connectivity index (χ2v) is 9.13. The van der Waals surface area contributed by atoms with Gasteiger partial charge in [-0.2, -0.15) is 0 Å². The number of fused-ring (bicyclic) bond motifs is 1. The van der Waals surface area contributed by atoms with Crippen molar-refractivity contribution in [1.29, 1.82) is 0 Å². The lowest BCUT2D eigenvalue weighted by Gasteiger charge is -2.40. The van der Waals surface area contributed by atoms with E-state index in [2.05, 4.69) is 19.2 Å². The van der Waals surface area contributed by atoms with Gasteiger partial charge in [-0.05, 0) is 55.9 Å². The van der Waals surface area contributed by atoms with Crippen LogP contribution >= 0.6 is 11.8 Å². The Morgan fingerprint density at radius 2 is 1.90 bits per heavy atom. The maximum Gasteiger partial charge on any atom is 0.257 e. The number of thioether (sulfide) groups is 1. The number of methoxy groups -OCH3 is 1. The molecule has 3 atom stereocenters. The first-order valence-electron chi connectivity index (χ1n) is 10.7. The summed E-state index contributed by atoms with van der Waals surface area (Å²) in [7, 11) is 1.64. The second kappa shape index (κ2) is 10.2. The number of benzene rings is 1. The van der Waals surface area contributed by atoms with Crippen molar-refractivity contribution in [3.05, 3.63) is 34.7 Å². The Labute approximate surface area is 178 Å². The van der Waals surface area contributed by atoms with E-state index in [0.717, 1.165) is 61.4 Å². The third kappa shape index (κ3) is 5.35. The van der Waals surface area contributed by atoms with Crippen LogP contribution in [0, 0.1) is 5.92 Å². The minimum atomic E-state index is -0.0286. The minimum absolute atomic E-state index is 0.0286. The molecule has 2 aliphatic rings. The van der Waals surface area contributed by atoms with Crippen LogP contribution in [-0.2, 0) is 9.59 Å². The van der Waals surface area contributed by atoms with Gasteiger partial charge in [0.15, 0.2) is 0 Å². The first-order valence-corrected chi connectivity index (χ1v) is 11.6. The van der Waals surface area contributed by atoms with Gasteiger partial charge < -0.3 is 15.0 Å². The molecule has 1 aliphatic heterocycles. The van der Waals surface area contributed by atoms with Crippen LogP contribution < -0.4 is 10.1 Å². The molecule has 0 bridgehead atoms. The van der Waals surface area contributed by atoms with Crippen LogP contribution in [0.25, 0.3) is 6.08 Å². The SMILES string of the molecule is CCCN(CCC)C(=O)C1CCC2S/C(=C/c3ccc(OC)cc3)C(=O)NC2C1. The number of hydrogen-bond acceptors (Lipinski definition) is 4. The lowest BCUT2D eigenvalue weighted by molar-refractivity contribution is -0.137. The number of ether oxygens (including phenoxy) is 1. The molecule has 1 aromatic rings. The van der Waals surface area contributed by atoms with E-state index in [0.29, 0.717) is 5.25 Å². The van der Waals surface area contributed by atoms with Gasteiger partial charge in [-0.15, -0.1) is 11.8 Å². The van der Waals surface area contributed by atoms with Gasteiger partial charge in [0.1, 0.15) is 5.75 Å². The molecule has 0 aromatic heterocycles. The molecule has 3 unspecified atom stereocenters. The van der Waals surface area contributed by atoms with Crippen molar-refractivity contribution in [2.75, 3.05) is 20.2 Å².